The van der Waals surface area contributed by atoms with E-state index in [9.17, 15) is 9.59 Å². The maximum atomic E-state index is 13.6. The second-order valence-corrected chi connectivity index (χ2v) is 9.92. The molecule has 3 aliphatic rings. The molecule has 2 aromatic rings. The third kappa shape index (κ3) is 5.09. The van der Waals surface area contributed by atoms with Crippen molar-refractivity contribution in [3.05, 3.63) is 81.5 Å². The number of methoxy groups -OCH3 is 1. The third-order valence-electron chi connectivity index (χ3n) is 6.04. The van der Waals surface area contributed by atoms with E-state index in [4.69, 9.17) is 21.3 Å². The molecule has 7 nitrogen and oxygen atoms in total. The summed E-state index contributed by atoms with van der Waals surface area (Å²) < 4.78 is 5.21. The molecule has 0 aromatic heterocycles. The first-order chi connectivity index (χ1) is 16.9. The van der Waals surface area contributed by atoms with Gasteiger partial charge in [-0.25, -0.2) is 4.99 Å². The predicted octanol–water partition coefficient (Wildman–Crippen LogP) is 5.23. The summed E-state index contributed by atoms with van der Waals surface area (Å²) in [6.07, 6.45) is 2.27. The monoisotopic (exact) mass is 508 g/mol. The van der Waals surface area contributed by atoms with Crippen LogP contribution in [-0.4, -0.2) is 35.0 Å². The summed E-state index contributed by atoms with van der Waals surface area (Å²) in [5.74, 6) is 0.413. The molecular formula is C26H25ClN4O3S. The van der Waals surface area contributed by atoms with Gasteiger partial charge in [-0.1, -0.05) is 35.5 Å². The zero-order valence-corrected chi connectivity index (χ0v) is 20.9. The number of benzene rings is 2. The average Bonchev–Trinajstić information content (AvgIpc) is 3.57. The van der Waals surface area contributed by atoms with Crippen LogP contribution >= 0.6 is 23.4 Å². The number of aliphatic imine (C=N–C) groups is 1. The molecule has 2 N–H and O–H groups in total. The lowest BCUT2D eigenvalue weighted by Gasteiger charge is -2.36. The Morgan fingerprint density at radius 2 is 1.97 bits per heavy atom. The van der Waals surface area contributed by atoms with Crippen LogP contribution in [0.25, 0.3) is 0 Å². The molecule has 1 saturated carbocycles. The van der Waals surface area contributed by atoms with Gasteiger partial charge in [-0.3, -0.25) is 9.59 Å². The van der Waals surface area contributed by atoms with Crippen LogP contribution in [0.5, 0.6) is 5.75 Å². The minimum atomic E-state index is -0.477. The van der Waals surface area contributed by atoms with E-state index in [2.05, 4.69) is 10.6 Å². The van der Waals surface area contributed by atoms with Gasteiger partial charge in [0.1, 0.15) is 5.75 Å². The van der Waals surface area contributed by atoms with Crippen LogP contribution in [0.4, 0.5) is 5.69 Å². The van der Waals surface area contributed by atoms with E-state index in [1.807, 2.05) is 35.4 Å². The minimum Gasteiger partial charge on any atom is -0.497 e. The van der Waals surface area contributed by atoms with Crippen LogP contribution in [0.15, 0.2) is 75.9 Å². The Morgan fingerprint density at radius 1 is 1.20 bits per heavy atom. The number of hydrogen-bond donors (Lipinski definition) is 2. The molecule has 0 bridgehead atoms. The van der Waals surface area contributed by atoms with E-state index in [-0.39, 0.29) is 24.3 Å². The first kappa shape index (κ1) is 23.5. The molecule has 1 atom stereocenters. The third-order valence-corrected chi connectivity index (χ3v) is 7.17. The van der Waals surface area contributed by atoms with Crippen LogP contribution in [0.2, 0.25) is 5.02 Å². The fourth-order valence-electron chi connectivity index (χ4n) is 4.20. The number of ether oxygens (including phenoxy) is 1. The molecule has 35 heavy (non-hydrogen) atoms. The maximum absolute atomic E-state index is 13.6. The maximum Gasteiger partial charge on any atom is 0.255 e. The number of hydrogen-bond acceptors (Lipinski definition) is 6. The Labute approximate surface area is 213 Å². The average molecular weight is 509 g/mol. The summed E-state index contributed by atoms with van der Waals surface area (Å²) in [6, 6.07) is 14.4. The Morgan fingerprint density at radius 3 is 2.66 bits per heavy atom. The van der Waals surface area contributed by atoms with Gasteiger partial charge >= 0.3 is 0 Å². The Balaban J connectivity index is 1.49. The molecule has 9 heteroatoms. The largest absolute Gasteiger partial charge is 0.497 e. The van der Waals surface area contributed by atoms with Crippen molar-refractivity contribution in [3.63, 3.8) is 0 Å². The molecule has 5 rings (SSSR count). The number of rotatable bonds is 7. The standard InChI is InChI=1S/C26H25ClN4O3S/c1-15-23(25(33)30-19-8-10-21(34-2)11-9-19)24(16-4-3-5-17(27)12-16)31-20(14-35-26(31)28-15)13-22(32)29-18-6-7-18/h3-5,8-12,14,18,24H,6-7,13H2,1-2H3,(H,29,32)(H,30,33)/t24-/m0/s1. The van der Waals surface area contributed by atoms with Gasteiger partial charge in [0.25, 0.3) is 5.91 Å². The number of amidine groups is 1. The summed E-state index contributed by atoms with van der Waals surface area (Å²) in [6.45, 7) is 1.84. The highest BCUT2D eigenvalue weighted by molar-refractivity contribution is 8.16. The molecular weight excluding hydrogens is 484 g/mol. The van der Waals surface area contributed by atoms with E-state index < -0.39 is 6.04 Å². The van der Waals surface area contributed by atoms with Gasteiger partial charge in [0.05, 0.1) is 30.8 Å². The van der Waals surface area contributed by atoms with Crippen LogP contribution < -0.4 is 15.4 Å². The van der Waals surface area contributed by atoms with Gasteiger partial charge in [0.15, 0.2) is 5.17 Å². The second-order valence-electron chi connectivity index (χ2n) is 8.65. The number of amides is 2. The van der Waals surface area contributed by atoms with Crippen molar-refractivity contribution in [2.75, 3.05) is 12.4 Å². The molecule has 0 spiro atoms. The number of carbonyl (C=O) groups excluding carboxylic acids is 2. The van der Waals surface area contributed by atoms with Gasteiger partial charge in [-0.05, 0) is 67.1 Å². The summed E-state index contributed by atoms with van der Waals surface area (Å²) in [7, 11) is 1.60. The SMILES string of the molecule is COc1ccc(NC(=O)C2=C(C)N=C3SC=C(CC(=O)NC4CC4)N3[C@H]2c2cccc(Cl)c2)cc1. The number of thioether (sulfide) groups is 1. The quantitative estimate of drug-likeness (QED) is 0.535. The smallest absolute Gasteiger partial charge is 0.255 e. The van der Waals surface area contributed by atoms with Gasteiger partial charge < -0.3 is 20.3 Å². The molecule has 0 radical (unpaired) electrons. The Kier molecular flexibility index (Phi) is 6.58. The number of nitrogens with one attached hydrogen (secondary N) is 2. The van der Waals surface area contributed by atoms with Crippen molar-refractivity contribution in [2.24, 2.45) is 4.99 Å². The number of fused-ring (bicyclic) bond motifs is 1. The number of anilines is 1. The van der Waals surface area contributed by atoms with Gasteiger partial charge in [0, 0.05) is 22.4 Å². The Hall–Kier alpha value is -3.23. The van der Waals surface area contributed by atoms with E-state index in [0.717, 1.165) is 29.3 Å². The second kappa shape index (κ2) is 9.79. The molecule has 180 valence electrons. The van der Waals surface area contributed by atoms with E-state index in [1.165, 1.54) is 11.8 Å². The van der Waals surface area contributed by atoms with Crippen LogP contribution in [0.3, 0.4) is 0 Å². The van der Waals surface area contributed by atoms with Crippen molar-refractivity contribution in [1.82, 2.24) is 10.2 Å². The highest BCUT2D eigenvalue weighted by Gasteiger charge is 2.41. The molecule has 1 fully saturated rings. The topological polar surface area (TPSA) is 83.0 Å². The number of halogens is 1. The molecule has 2 heterocycles. The zero-order valence-electron chi connectivity index (χ0n) is 19.4. The normalized spacial score (nSPS) is 19.1. The van der Waals surface area contributed by atoms with Crippen LogP contribution in [-0.2, 0) is 9.59 Å². The van der Waals surface area contributed by atoms with E-state index >= 15 is 0 Å². The number of allylic oxidation sites excluding steroid dienone is 1. The van der Waals surface area contributed by atoms with Crippen LogP contribution in [0, 0.1) is 0 Å². The van der Waals surface area contributed by atoms with Crippen molar-refractivity contribution in [2.45, 2.75) is 38.3 Å². The first-order valence-electron chi connectivity index (χ1n) is 11.4. The van der Waals surface area contributed by atoms with E-state index in [1.54, 1.807) is 37.4 Å². The fraction of sp³-hybridized carbons (Fsp3) is 0.269. The lowest BCUT2D eigenvalue weighted by molar-refractivity contribution is -0.120. The summed E-state index contributed by atoms with van der Waals surface area (Å²) in [4.78, 5) is 33.0. The van der Waals surface area contributed by atoms with Gasteiger partial charge in [0.2, 0.25) is 5.91 Å². The molecule has 2 aliphatic heterocycles. The van der Waals surface area contributed by atoms with Crippen LogP contribution in [0.1, 0.15) is 37.8 Å². The van der Waals surface area contributed by atoms with Crippen molar-refractivity contribution >= 4 is 46.0 Å². The van der Waals surface area contributed by atoms with Gasteiger partial charge in [-0.2, -0.15) is 0 Å². The Bertz CT molecular complexity index is 1270. The lowest BCUT2D eigenvalue weighted by atomic mass is 9.93. The fourth-order valence-corrected chi connectivity index (χ4v) is 5.36. The summed E-state index contributed by atoms with van der Waals surface area (Å²) in [5, 5.41) is 9.29. The minimum absolute atomic E-state index is 0.0269. The highest BCUT2D eigenvalue weighted by atomic mass is 35.5. The van der Waals surface area contributed by atoms with Crippen molar-refractivity contribution < 1.29 is 14.3 Å². The molecule has 2 aromatic carbocycles. The zero-order chi connectivity index (χ0) is 24.5. The van der Waals surface area contributed by atoms with E-state index in [0.29, 0.717) is 27.7 Å². The molecule has 0 saturated heterocycles. The summed E-state index contributed by atoms with van der Waals surface area (Å²) in [5.41, 5.74) is 3.42. The van der Waals surface area contributed by atoms with Crippen molar-refractivity contribution in [3.8, 4) is 5.75 Å². The highest BCUT2D eigenvalue weighted by Crippen LogP contribution is 2.45. The molecule has 0 unspecified atom stereocenters. The molecule has 2 amide bonds. The van der Waals surface area contributed by atoms with Gasteiger partial charge in [-0.15, -0.1) is 0 Å². The lowest BCUT2D eigenvalue weighted by Crippen LogP contribution is -2.39. The number of nitrogens with zero attached hydrogens (tertiary/aromatic N) is 2. The van der Waals surface area contributed by atoms with Crippen molar-refractivity contribution in [1.29, 1.82) is 0 Å². The summed E-state index contributed by atoms with van der Waals surface area (Å²) >= 11 is 7.81. The first-order valence-corrected chi connectivity index (χ1v) is 12.6. The number of carbonyl (C=O) groups is 2. The molecule has 1 aliphatic carbocycles. The predicted molar refractivity (Wildman–Crippen MR) is 139 cm³/mol.